The lowest BCUT2D eigenvalue weighted by Crippen LogP contribution is -2.37. The molecule has 1 amide bonds. The zero-order valence-electron chi connectivity index (χ0n) is 16.4. The molecule has 2 aliphatic carbocycles. The van der Waals surface area contributed by atoms with Gasteiger partial charge in [-0.15, -0.1) is 11.8 Å². The van der Waals surface area contributed by atoms with E-state index in [1.165, 1.54) is 36.1 Å². The van der Waals surface area contributed by atoms with Crippen molar-refractivity contribution in [3.63, 3.8) is 0 Å². The van der Waals surface area contributed by atoms with Gasteiger partial charge in [0.05, 0.1) is 23.8 Å². The van der Waals surface area contributed by atoms with Crippen LogP contribution in [0, 0.1) is 10.1 Å². The number of aryl methyl sites for hydroxylation is 1. The highest BCUT2D eigenvalue weighted by atomic mass is 32.2. The Bertz CT molecular complexity index is 929. The van der Waals surface area contributed by atoms with Crippen molar-refractivity contribution in [2.24, 2.45) is 0 Å². The van der Waals surface area contributed by atoms with Crippen molar-refractivity contribution in [1.29, 1.82) is 0 Å². The molecule has 7 heteroatoms. The summed E-state index contributed by atoms with van der Waals surface area (Å²) in [7, 11) is 1.42. The second-order valence-electron chi connectivity index (χ2n) is 7.54. The number of carbonyl (C=O) groups is 1. The van der Waals surface area contributed by atoms with Gasteiger partial charge in [0.2, 0.25) is 5.91 Å². The number of rotatable bonds is 8. The van der Waals surface area contributed by atoms with Crippen molar-refractivity contribution < 1.29 is 14.5 Å². The number of nitro groups is 1. The molecular weight excluding hydrogens is 388 g/mol. The van der Waals surface area contributed by atoms with Gasteiger partial charge in [-0.3, -0.25) is 14.9 Å². The van der Waals surface area contributed by atoms with E-state index in [1.807, 2.05) is 6.07 Å². The first-order chi connectivity index (χ1) is 14.1. The van der Waals surface area contributed by atoms with Crippen molar-refractivity contribution >= 4 is 23.4 Å². The summed E-state index contributed by atoms with van der Waals surface area (Å²) in [5.41, 5.74) is 3.43. The topological polar surface area (TPSA) is 72.7 Å². The first kappa shape index (κ1) is 19.8. The Labute approximate surface area is 174 Å². The Morgan fingerprint density at radius 1 is 1.24 bits per heavy atom. The van der Waals surface area contributed by atoms with Gasteiger partial charge in [-0.05, 0) is 48.4 Å². The molecule has 0 bridgehead atoms. The molecule has 0 spiro atoms. The molecule has 6 nitrogen and oxygen atoms in total. The molecule has 2 aromatic rings. The van der Waals surface area contributed by atoms with Crippen molar-refractivity contribution in [3.05, 3.63) is 69.3 Å². The number of fused-ring (bicyclic) bond motifs is 1. The molecule has 1 saturated carbocycles. The van der Waals surface area contributed by atoms with Gasteiger partial charge in [-0.25, -0.2) is 0 Å². The van der Waals surface area contributed by atoms with Gasteiger partial charge < -0.3 is 9.64 Å². The van der Waals surface area contributed by atoms with Crippen LogP contribution in [0.25, 0.3) is 0 Å². The number of hydrogen-bond acceptors (Lipinski definition) is 5. The van der Waals surface area contributed by atoms with Crippen LogP contribution >= 0.6 is 11.8 Å². The van der Waals surface area contributed by atoms with Crippen LogP contribution in [0.3, 0.4) is 0 Å². The third-order valence-electron chi connectivity index (χ3n) is 5.60. The number of nitro benzene ring substituents is 1. The minimum atomic E-state index is -0.440. The van der Waals surface area contributed by atoms with Crippen molar-refractivity contribution in [3.8, 4) is 5.75 Å². The van der Waals surface area contributed by atoms with Crippen LogP contribution in [0.2, 0.25) is 0 Å². The van der Waals surface area contributed by atoms with Crippen LogP contribution in [0.5, 0.6) is 5.75 Å². The molecular formula is C22H24N2O4S. The van der Waals surface area contributed by atoms with Crippen molar-refractivity contribution in [2.75, 3.05) is 12.9 Å². The third kappa shape index (κ3) is 4.24. The largest absolute Gasteiger partial charge is 0.490 e. The number of nitrogens with zero attached hydrogens (tertiary/aromatic N) is 2. The summed E-state index contributed by atoms with van der Waals surface area (Å²) in [6.45, 7) is 0. The average molecular weight is 413 g/mol. The molecule has 152 valence electrons. The Balaban J connectivity index is 1.40. The van der Waals surface area contributed by atoms with Gasteiger partial charge in [0.1, 0.15) is 0 Å². The van der Waals surface area contributed by atoms with Crippen LogP contribution in [0.1, 0.15) is 42.0 Å². The number of thioether (sulfide) groups is 1. The summed E-state index contributed by atoms with van der Waals surface area (Å²) in [5.74, 6) is 1.35. The molecule has 1 atom stereocenters. The minimum Gasteiger partial charge on any atom is -0.490 e. The molecule has 0 saturated heterocycles. The van der Waals surface area contributed by atoms with E-state index < -0.39 is 4.92 Å². The molecule has 4 rings (SSSR count). The second kappa shape index (κ2) is 8.45. The Kier molecular flexibility index (Phi) is 5.76. The van der Waals surface area contributed by atoms with Gasteiger partial charge in [-0.2, -0.15) is 0 Å². The van der Waals surface area contributed by atoms with E-state index >= 15 is 0 Å². The molecule has 1 fully saturated rings. The normalized spacial score (nSPS) is 17.6. The van der Waals surface area contributed by atoms with Gasteiger partial charge in [0.25, 0.3) is 0 Å². The van der Waals surface area contributed by atoms with Crippen LogP contribution < -0.4 is 4.74 Å². The number of ether oxygens (including phenoxy) is 1. The fraction of sp³-hybridized carbons (Fsp3) is 0.409. The standard InChI is InChI=1S/C22H24N2O4S/c1-28-21-11-6-15(12-20(21)24(26)27)13-29-14-22(25)23(17-8-9-17)19-10-7-16-4-2-3-5-18(16)19/h2-6,11-12,17,19H,7-10,13-14H2,1H3. The molecule has 2 aromatic carbocycles. The molecule has 29 heavy (non-hydrogen) atoms. The van der Waals surface area contributed by atoms with Crippen LogP contribution in [0.15, 0.2) is 42.5 Å². The highest BCUT2D eigenvalue weighted by Crippen LogP contribution is 2.42. The van der Waals surface area contributed by atoms with Crippen molar-refractivity contribution in [2.45, 2.75) is 43.5 Å². The minimum absolute atomic E-state index is 0.0425. The van der Waals surface area contributed by atoms with E-state index in [4.69, 9.17) is 4.74 Å². The van der Waals surface area contributed by atoms with Crippen LogP contribution in [0.4, 0.5) is 5.69 Å². The van der Waals surface area contributed by atoms with Crippen molar-refractivity contribution in [1.82, 2.24) is 4.90 Å². The molecule has 0 heterocycles. The Morgan fingerprint density at radius 2 is 2.03 bits per heavy atom. The molecule has 0 radical (unpaired) electrons. The lowest BCUT2D eigenvalue weighted by molar-refractivity contribution is -0.385. The predicted molar refractivity (Wildman–Crippen MR) is 113 cm³/mol. The molecule has 0 aliphatic heterocycles. The van der Waals surface area contributed by atoms with E-state index in [9.17, 15) is 14.9 Å². The van der Waals surface area contributed by atoms with Gasteiger partial charge in [0.15, 0.2) is 5.75 Å². The number of hydrogen-bond donors (Lipinski definition) is 0. The third-order valence-corrected chi connectivity index (χ3v) is 6.59. The highest BCUT2D eigenvalue weighted by Gasteiger charge is 2.40. The van der Waals surface area contributed by atoms with Crippen LogP contribution in [-0.2, 0) is 17.0 Å². The molecule has 0 aromatic heterocycles. The van der Waals surface area contributed by atoms with Gasteiger partial charge in [0, 0.05) is 17.9 Å². The first-order valence-corrected chi connectivity index (χ1v) is 11.0. The Morgan fingerprint density at radius 3 is 2.76 bits per heavy atom. The molecule has 2 aliphatic rings. The second-order valence-corrected chi connectivity index (χ2v) is 8.53. The van der Waals surface area contributed by atoms with Crippen LogP contribution in [-0.4, -0.2) is 34.6 Å². The first-order valence-electron chi connectivity index (χ1n) is 9.86. The monoisotopic (exact) mass is 412 g/mol. The quantitative estimate of drug-likeness (QED) is 0.471. The predicted octanol–water partition coefficient (Wildman–Crippen LogP) is 4.52. The lowest BCUT2D eigenvalue weighted by atomic mass is 10.1. The maximum absolute atomic E-state index is 13.1. The zero-order valence-corrected chi connectivity index (χ0v) is 17.2. The fourth-order valence-corrected chi connectivity index (χ4v) is 4.95. The number of amides is 1. The summed E-state index contributed by atoms with van der Waals surface area (Å²) in [6, 6.07) is 13.9. The van der Waals surface area contributed by atoms with E-state index in [-0.39, 0.29) is 23.4 Å². The van der Waals surface area contributed by atoms with E-state index in [0.29, 0.717) is 17.5 Å². The lowest BCUT2D eigenvalue weighted by Gasteiger charge is -2.30. The van der Waals surface area contributed by atoms with Gasteiger partial charge in [-0.1, -0.05) is 30.3 Å². The maximum atomic E-state index is 13.1. The zero-order chi connectivity index (χ0) is 20.4. The summed E-state index contributed by atoms with van der Waals surface area (Å²) < 4.78 is 5.05. The van der Waals surface area contributed by atoms with E-state index in [0.717, 1.165) is 31.2 Å². The fourth-order valence-electron chi connectivity index (χ4n) is 4.11. The maximum Gasteiger partial charge on any atom is 0.311 e. The molecule has 0 N–H and O–H groups in total. The summed E-state index contributed by atoms with van der Waals surface area (Å²) in [6.07, 6.45) is 4.19. The smallest absolute Gasteiger partial charge is 0.311 e. The number of methoxy groups -OCH3 is 1. The highest BCUT2D eigenvalue weighted by molar-refractivity contribution is 7.99. The average Bonchev–Trinajstić information content (AvgIpc) is 3.47. The number of carbonyl (C=O) groups excluding carboxylic acids is 1. The van der Waals surface area contributed by atoms with Gasteiger partial charge >= 0.3 is 5.69 Å². The number of benzene rings is 2. The molecule has 1 unspecified atom stereocenters. The summed E-state index contributed by atoms with van der Waals surface area (Å²) >= 11 is 1.51. The Hall–Kier alpha value is -2.54. The summed E-state index contributed by atoms with van der Waals surface area (Å²) in [4.78, 5) is 25.9. The summed E-state index contributed by atoms with van der Waals surface area (Å²) in [5, 5.41) is 11.2. The van der Waals surface area contributed by atoms with E-state index in [2.05, 4.69) is 29.2 Å². The SMILES string of the molecule is COc1ccc(CSCC(=O)N(C2CC2)C2CCc3ccccc32)cc1[N+](=O)[O-]. The van der Waals surface area contributed by atoms with E-state index in [1.54, 1.807) is 6.07 Å².